The van der Waals surface area contributed by atoms with E-state index in [9.17, 15) is 9.59 Å². The standard InChI is InChI=1S/C18H19N5O2/c1-19-18(25)17(14-7-3-2-4-8-14)21-16(24)13-23-12-15(11-20-23)22-9-5-6-10-22/h2-12,17H,13H2,1H3,(H,19,25)(H,21,24)/t17-/m1/s1. The number of nitrogens with zero attached hydrogens (tertiary/aromatic N) is 3. The Bertz CT molecular complexity index is 840. The molecule has 2 N–H and O–H groups in total. The van der Waals surface area contributed by atoms with Crippen LogP contribution in [-0.4, -0.2) is 33.2 Å². The molecule has 0 radical (unpaired) electrons. The summed E-state index contributed by atoms with van der Waals surface area (Å²) in [6.07, 6.45) is 7.26. The van der Waals surface area contributed by atoms with Gasteiger partial charge in [0.15, 0.2) is 0 Å². The van der Waals surface area contributed by atoms with Gasteiger partial charge in [0, 0.05) is 25.6 Å². The number of benzene rings is 1. The molecule has 3 rings (SSSR count). The Morgan fingerprint density at radius 3 is 2.52 bits per heavy atom. The minimum absolute atomic E-state index is 0.0294. The van der Waals surface area contributed by atoms with Crippen molar-refractivity contribution in [1.29, 1.82) is 0 Å². The lowest BCUT2D eigenvalue weighted by molar-refractivity contribution is -0.129. The van der Waals surface area contributed by atoms with Crippen LogP contribution in [0.2, 0.25) is 0 Å². The predicted octanol–water partition coefficient (Wildman–Crippen LogP) is 1.28. The lowest BCUT2D eigenvalue weighted by Crippen LogP contribution is -2.40. The van der Waals surface area contributed by atoms with Crippen molar-refractivity contribution in [3.05, 3.63) is 72.8 Å². The van der Waals surface area contributed by atoms with Crippen molar-refractivity contribution >= 4 is 11.8 Å². The van der Waals surface area contributed by atoms with Crippen LogP contribution >= 0.6 is 0 Å². The first-order valence-corrected chi connectivity index (χ1v) is 7.89. The largest absolute Gasteiger partial charge is 0.357 e. The highest BCUT2D eigenvalue weighted by Crippen LogP contribution is 2.13. The average molecular weight is 337 g/mol. The Morgan fingerprint density at radius 1 is 1.12 bits per heavy atom. The van der Waals surface area contributed by atoms with Gasteiger partial charge in [0.25, 0.3) is 0 Å². The van der Waals surface area contributed by atoms with E-state index in [1.54, 1.807) is 31.6 Å². The van der Waals surface area contributed by atoms with Gasteiger partial charge in [-0.25, -0.2) is 0 Å². The van der Waals surface area contributed by atoms with Gasteiger partial charge in [0.05, 0.1) is 11.9 Å². The smallest absolute Gasteiger partial charge is 0.246 e. The molecule has 0 spiro atoms. The van der Waals surface area contributed by atoms with Gasteiger partial charge >= 0.3 is 0 Å². The topological polar surface area (TPSA) is 81.0 Å². The molecular formula is C18H19N5O2. The van der Waals surface area contributed by atoms with Gasteiger partial charge < -0.3 is 15.2 Å². The molecule has 7 heteroatoms. The number of hydrogen-bond donors (Lipinski definition) is 2. The summed E-state index contributed by atoms with van der Waals surface area (Å²) in [5.74, 6) is -0.562. The molecule has 1 atom stereocenters. The van der Waals surface area contributed by atoms with Gasteiger partial charge in [-0.3, -0.25) is 14.3 Å². The Balaban J connectivity index is 1.69. The first-order valence-electron chi connectivity index (χ1n) is 7.89. The number of hydrogen-bond acceptors (Lipinski definition) is 3. The van der Waals surface area contributed by atoms with Crippen molar-refractivity contribution in [2.45, 2.75) is 12.6 Å². The van der Waals surface area contributed by atoms with Crippen molar-refractivity contribution in [1.82, 2.24) is 25.0 Å². The molecule has 25 heavy (non-hydrogen) atoms. The summed E-state index contributed by atoms with van der Waals surface area (Å²) in [6.45, 7) is 0.0294. The van der Waals surface area contributed by atoms with E-state index in [2.05, 4.69) is 15.7 Å². The molecule has 0 unspecified atom stereocenters. The van der Waals surface area contributed by atoms with E-state index < -0.39 is 6.04 Å². The number of amides is 2. The number of aromatic nitrogens is 3. The minimum atomic E-state index is -0.738. The van der Waals surface area contributed by atoms with E-state index in [0.717, 1.165) is 11.3 Å². The number of nitrogens with one attached hydrogen (secondary N) is 2. The fraction of sp³-hybridized carbons (Fsp3) is 0.167. The minimum Gasteiger partial charge on any atom is -0.357 e. The second kappa shape index (κ2) is 7.48. The molecular weight excluding hydrogens is 318 g/mol. The molecule has 3 aromatic rings. The molecule has 0 saturated carbocycles. The quantitative estimate of drug-likeness (QED) is 0.711. The fourth-order valence-electron chi connectivity index (χ4n) is 2.52. The first-order chi connectivity index (χ1) is 12.2. The molecule has 7 nitrogen and oxygen atoms in total. The third kappa shape index (κ3) is 3.95. The van der Waals surface area contributed by atoms with Crippen molar-refractivity contribution in [3.8, 4) is 5.69 Å². The SMILES string of the molecule is CNC(=O)[C@H](NC(=O)Cn1cc(-n2cccc2)cn1)c1ccccc1. The van der Waals surface area contributed by atoms with Crippen LogP contribution < -0.4 is 10.6 Å². The summed E-state index contributed by atoms with van der Waals surface area (Å²) in [4.78, 5) is 24.5. The second-order valence-electron chi connectivity index (χ2n) is 5.51. The summed E-state index contributed by atoms with van der Waals surface area (Å²) < 4.78 is 3.44. The van der Waals surface area contributed by atoms with Crippen molar-refractivity contribution in [3.63, 3.8) is 0 Å². The van der Waals surface area contributed by atoms with Crippen LogP contribution in [0.4, 0.5) is 0 Å². The number of likely N-dealkylation sites (N-methyl/N-ethyl adjacent to an activating group) is 1. The maximum absolute atomic E-state index is 12.4. The van der Waals surface area contributed by atoms with Crippen LogP contribution in [0.1, 0.15) is 11.6 Å². The second-order valence-corrected chi connectivity index (χ2v) is 5.51. The van der Waals surface area contributed by atoms with Gasteiger partial charge in [0.2, 0.25) is 11.8 Å². The summed E-state index contributed by atoms with van der Waals surface area (Å²) in [5, 5.41) is 9.53. The lowest BCUT2D eigenvalue weighted by atomic mass is 10.1. The molecule has 0 aliphatic rings. The van der Waals surface area contributed by atoms with Gasteiger partial charge in [-0.15, -0.1) is 0 Å². The molecule has 0 aliphatic carbocycles. The van der Waals surface area contributed by atoms with E-state index >= 15 is 0 Å². The maximum Gasteiger partial charge on any atom is 0.246 e. The van der Waals surface area contributed by atoms with E-state index in [4.69, 9.17) is 0 Å². The van der Waals surface area contributed by atoms with Gasteiger partial charge in [-0.2, -0.15) is 5.10 Å². The molecule has 0 fully saturated rings. The average Bonchev–Trinajstić information content (AvgIpc) is 3.31. The maximum atomic E-state index is 12.4. The van der Waals surface area contributed by atoms with Crippen LogP contribution in [0.25, 0.3) is 5.69 Å². The number of rotatable bonds is 6. The third-order valence-corrected chi connectivity index (χ3v) is 3.77. The monoisotopic (exact) mass is 337 g/mol. The molecule has 128 valence electrons. The Hall–Kier alpha value is -3.35. The highest BCUT2D eigenvalue weighted by molar-refractivity contribution is 5.88. The van der Waals surface area contributed by atoms with E-state index in [1.165, 1.54) is 4.68 Å². The zero-order valence-corrected chi connectivity index (χ0v) is 13.8. The van der Waals surface area contributed by atoms with Gasteiger partial charge in [0.1, 0.15) is 12.6 Å². The lowest BCUT2D eigenvalue weighted by Gasteiger charge is -2.17. The summed E-state index contributed by atoms with van der Waals surface area (Å²) in [7, 11) is 1.54. The highest BCUT2D eigenvalue weighted by Gasteiger charge is 2.21. The van der Waals surface area contributed by atoms with Crippen molar-refractivity contribution in [2.75, 3.05) is 7.05 Å². The van der Waals surface area contributed by atoms with Crippen LogP contribution in [0, 0.1) is 0 Å². The predicted molar refractivity (Wildman–Crippen MR) is 92.9 cm³/mol. The molecule has 2 amide bonds. The van der Waals surface area contributed by atoms with Crippen molar-refractivity contribution < 1.29 is 9.59 Å². The normalized spacial score (nSPS) is 11.7. The molecule has 2 aromatic heterocycles. The molecule has 0 aliphatic heterocycles. The Morgan fingerprint density at radius 2 is 1.84 bits per heavy atom. The third-order valence-electron chi connectivity index (χ3n) is 3.77. The summed E-state index contributed by atoms with van der Waals surface area (Å²) >= 11 is 0. The number of carbonyl (C=O) groups is 2. The molecule has 2 heterocycles. The zero-order valence-electron chi connectivity index (χ0n) is 13.8. The van der Waals surface area contributed by atoms with Crippen LogP contribution in [0.15, 0.2) is 67.3 Å². The van der Waals surface area contributed by atoms with Gasteiger partial charge in [-0.05, 0) is 17.7 Å². The zero-order chi connectivity index (χ0) is 17.6. The van der Waals surface area contributed by atoms with Crippen LogP contribution in [-0.2, 0) is 16.1 Å². The summed E-state index contributed by atoms with van der Waals surface area (Å²) in [6, 6.07) is 12.2. The Kier molecular flexibility index (Phi) is 4.94. The van der Waals surface area contributed by atoms with E-state index in [0.29, 0.717) is 0 Å². The van der Waals surface area contributed by atoms with Gasteiger partial charge in [-0.1, -0.05) is 30.3 Å². The van der Waals surface area contributed by atoms with Crippen LogP contribution in [0.3, 0.4) is 0 Å². The highest BCUT2D eigenvalue weighted by atomic mass is 16.2. The van der Waals surface area contributed by atoms with Crippen molar-refractivity contribution in [2.24, 2.45) is 0 Å². The summed E-state index contributed by atoms with van der Waals surface area (Å²) in [5.41, 5.74) is 1.59. The fourth-order valence-corrected chi connectivity index (χ4v) is 2.52. The Labute approximate surface area is 145 Å². The van der Waals surface area contributed by atoms with Crippen LogP contribution in [0.5, 0.6) is 0 Å². The van der Waals surface area contributed by atoms with E-state index in [1.807, 2.05) is 47.3 Å². The molecule has 0 bridgehead atoms. The molecule has 1 aromatic carbocycles. The number of carbonyl (C=O) groups excluding carboxylic acids is 2. The van der Waals surface area contributed by atoms with E-state index in [-0.39, 0.29) is 18.4 Å². The first kappa shape index (κ1) is 16.5. The molecule has 0 saturated heterocycles.